The molecule has 0 bridgehead atoms. The van der Waals surface area contributed by atoms with Gasteiger partial charge in [0.05, 0.1) is 0 Å². The van der Waals surface area contributed by atoms with Crippen LogP contribution in [0.2, 0.25) is 0 Å². The molecule has 5 heteroatoms. The Labute approximate surface area is 92.4 Å². The Bertz CT molecular complexity index is 398. The molecule has 2 aromatic heterocycles. The average molecular weight is 227 g/mol. The van der Waals surface area contributed by atoms with Crippen LogP contribution in [0.4, 0.5) is 0 Å². The lowest BCUT2D eigenvalue weighted by Gasteiger charge is -1.73. The maximum atomic E-state index is 10.2. The molecule has 2 rings (SSSR count). The van der Waals surface area contributed by atoms with E-state index in [1.807, 2.05) is 0 Å². The highest BCUT2D eigenvalue weighted by Gasteiger charge is 1.70. The number of halogens is 1. The first kappa shape index (κ1) is 13.2. The Morgan fingerprint density at radius 3 is 1.27 bits per heavy atom. The summed E-state index contributed by atoms with van der Waals surface area (Å²) in [5, 5.41) is 0. The summed E-state index contributed by atoms with van der Waals surface area (Å²) in [5.74, 6) is 0. The Kier molecular flexibility index (Phi) is 6.67. The summed E-state index contributed by atoms with van der Waals surface area (Å²) in [6.45, 7) is 0. The molecule has 0 aliphatic rings. The van der Waals surface area contributed by atoms with Crippen molar-refractivity contribution in [3.05, 3.63) is 69.5 Å². The number of H-pyrrole nitrogens is 2. The van der Waals surface area contributed by atoms with E-state index >= 15 is 0 Å². The third-order valence-corrected chi connectivity index (χ3v) is 1.36. The molecule has 0 radical (unpaired) electrons. The van der Waals surface area contributed by atoms with Gasteiger partial charge in [0.15, 0.2) is 0 Å². The lowest BCUT2D eigenvalue weighted by molar-refractivity contribution is 1.24. The van der Waals surface area contributed by atoms with E-state index in [9.17, 15) is 9.59 Å². The standard InChI is InChI=1S/2C5H5NO.ClH/c2*7-5-3-1-2-4-6-5;/h2*1-4H,(H,6,7);1H. The van der Waals surface area contributed by atoms with Crippen LogP contribution in [0.3, 0.4) is 0 Å². The zero-order valence-electron chi connectivity index (χ0n) is 7.84. The smallest absolute Gasteiger partial charge is 0.247 e. The van der Waals surface area contributed by atoms with Crippen molar-refractivity contribution in [2.45, 2.75) is 0 Å². The van der Waals surface area contributed by atoms with E-state index in [2.05, 4.69) is 9.97 Å². The van der Waals surface area contributed by atoms with Gasteiger partial charge in [0.25, 0.3) is 0 Å². The van der Waals surface area contributed by atoms with Gasteiger partial charge in [0, 0.05) is 24.5 Å². The lowest BCUT2D eigenvalue weighted by Crippen LogP contribution is -1.98. The molecular formula is C10H11ClN2O2. The summed E-state index contributed by atoms with van der Waals surface area (Å²) in [5.41, 5.74) is -0.106. The van der Waals surface area contributed by atoms with Crippen molar-refractivity contribution < 1.29 is 0 Å². The zero-order chi connectivity index (χ0) is 10.2. The van der Waals surface area contributed by atoms with Crippen LogP contribution < -0.4 is 11.1 Å². The molecule has 2 N–H and O–H groups in total. The molecule has 0 amide bonds. The molecule has 0 saturated carbocycles. The highest BCUT2D eigenvalue weighted by Crippen LogP contribution is 1.67. The van der Waals surface area contributed by atoms with Gasteiger partial charge in [-0.15, -0.1) is 12.4 Å². The Morgan fingerprint density at radius 2 is 1.13 bits per heavy atom. The number of pyridine rings is 2. The fourth-order valence-electron chi connectivity index (χ4n) is 0.754. The van der Waals surface area contributed by atoms with Crippen molar-refractivity contribution in [3.8, 4) is 0 Å². The molecule has 0 atom stereocenters. The van der Waals surface area contributed by atoms with Crippen molar-refractivity contribution in [1.82, 2.24) is 9.97 Å². The molecular weight excluding hydrogens is 216 g/mol. The molecule has 80 valence electrons. The first-order valence-corrected chi connectivity index (χ1v) is 4.06. The summed E-state index contributed by atoms with van der Waals surface area (Å²) in [6.07, 6.45) is 3.20. The van der Waals surface area contributed by atoms with E-state index in [1.54, 1.807) is 36.7 Å². The molecule has 0 unspecified atom stereocenters. The minimum atomic E-state index is -0.0532. The monoisotopic (exact) mass is 226 g/mol. The quantitative estimate of drug-likeness (QED) is 0.708. The Morgan fingerprint density at radius 1 is 0.733 bits per heavy atom. The van der Waals surface area contributed by atoms with Gasteiger partial charge in [-0.25, -0.2) is 0 Å². The van der Waals surface area contributed by atoms with Gasteiger partial charge in [0.1, 0.15) is 0 Å². The van der Waals surface area contributed by atoms with Crippen molar-refractivity contribution in [1.29, 1.82) is 0 Å². The summed E-state index contributed by atoms with van der Waals surface area (Å²) in [6, 6.07) is 9.86. The van der Waals surface area contributed by atoms with Gasteiger partial charge < -0.3 is 9.97 Å². The van der Waals surface area contributed by atoms with E-state index in [4.69, 9.17) is 0 Å². The molecule has 15 heavy (non-hydrogen) atoms. The molecule has 0 fully saturated rings. The minimum absolute atomic E-state index is 0. The van der Waals surface area contributed by atoms with Crippen LogP contribution >= 0.6 is 12.4 Å². The lowest BCUT2D eigenvalue weighted by atomic mass is 10.5. The average Bonchev–Trinajstić information content (AvgIpc) is 2.21. The van der Waals surface area contributed by atoms with Crippen molar-refractivity contribution >= 4 is 12.4 Å². The number of nitrogens with one attached hydrogen (secondary N) is 2. The molecule has 2 heterocycles. The largest absolute Gasteiger partial charge is 0.329 e. The van der Waals surface area contributed by atoms with Gasteiger partial charge in [-0.2, -0.15) is 0 Å². The number of aromatic amines is 2. The second-order valence-electron chi connectivity index (χ2n) is 2.45. The second kappa shape index (κ2) is 7.58. The Hall–Kier alpha value is -1.81. The van der Waals surface area contributed by atoms with Crippen LogP contribution in [0.1, 0.15) is 0 Å². The molecule has 0 aromatic carbocycles. The summed E-state index contributed by atoms with van der Waals surface area (Å²) in [4.78, 5) is 25.4. The topological polar surface area (TPSA) is 65.7 Å². The maximum absolute atomic E-state index is 10.2. The molecule has 0 spiro atoms. The van der Waals surface area contributed by atoms with Crippen molar-refractivity contribution in [2.24, 2.45) is 0 Å². The van der Waals surface area contributed by atoms with Crippen LogP contribution in [0.5, 0.6) is 0 Å². The molecule has 0 saturated heterocycles. The zero-order valence-corrected chi connectivity index (χ0v) is 8.66. The summed E-state index contributed by atoms with van der Waals surface area (Å²) in [7, 11) is 0. The maximum Gasteiger partial charge on any atom is 0.247 e. The van der Waals surface area contributed by atoms with Crippen LogP contribution in [-0.4, -0.2) is 9.97 Å². The van der Waals surface area contributed by atoms with Gasteiger partial charge in [0.2, 0.25) is 11.1 Å². The van der Waals surface area contributed by atoms with Crippen LogP contribution in [0.15, 0.2) is 58.4 Å². The normalized spacial score (nSPS) is 8.00. The third kappa shape index (κ3) is 6.29. The van der Waals surface area contributed by atoms with Gasteiger partial charge in [-0.05, 0) is 12.1 Å². The van der Waals surface area contributed by atoms with Crippen molar-refractivity contribution in [2.75, 3.05) is 0 Å². The van der Waals surface area contributed by atoms with E-state index < -0.39 is 0 Å². The van der Waals surface area contributed by atoms with E-state index in [-0.39, 0.29) is 23.5 Å². The number of hydrogen-bond donors (Lipinski definition) is 2. The number of hydrogen-bond acceptors (Lipinski definition) is 2. The highest BCUT2D eigenvalue weighted by atomic mass is 35.5. The summed E-state index contributed by atoms with van der Waals surface area (Å²) < 4.78 is 0. The predicted molar refractivity (Wildman–Crippen MR) is 61.4 cm³/mol. The molecule has 2 aromatic rings. The van der Waals surface area contributed by atoms with Gasteiger partial charge in [-0.1, -0.05) is 12.1 Å². The van der Waals surface area contributed by atoms with E-state index in [0.29, 0.717) is 0 Å². The number of rotatable bonds is 0. The van der Waals surface area contributed by atoms with E-state index in [0.717, 1.165) is 0 Å². The second-order valence-corrected chi connectivity index (χ2v) is 2.45. The molecule has 0 aliphatic carbocycles. The minimum Gasteiger partial charge on any atom is -0.329 e. The molecule has 4 nitrogen and oxygen atoms in total. The Balaban J connectivity index is 0.000000245. The van der Waals surface area contributed by atoms with Gasteiger partial charge >= 0.3 is 0 Å². The number of aromatic nitrogens is 2. The fourth-order valence-corrected chi connectivity index (χ4v) is 0.754. The third-order valence-electron chi connectivity index (χ3n) is 1.36. The van der Waals surface area contributed by atoms with Crippen LogP contribution in [0, 0.1) is 0 Å². The van der Waals surface area contributed by atoms with E-state index in [1.165, 1.54) is 12.1 Å². The van der Waals surface area contributed by atoms with Crippen LogP contribution in [0.25, 0.3) is 0 Å². The van der Waals surface area contributed by atoms with Crippen molar-refractivity contribution in [3.63, 3.8) is 0 Å². The predicted octanol–water partition coefficient (Wildman–Crippen LogP) is 1.17. The molecule has 0 aliphatic heterocycles. The SMILES string of the molecule is Cl.O=c1cccc[nH]1.O=c1cccc[nH]1. The van der Waals surface area contributed by atoms with Gasteiger partial charge in [-0.3, -0.25) is 9.59 Å². The summed E-state index contributed by atoms with van der Waals surface area (Å²) >= 11 is 0. The van der Waals surface area contributed by atoms with Crippen LogP contribution in [-0.2, 0) is 0 Å². The first-order chi connectivity index (χ1) is 6.79. The first-order valence-electron chi connectivity index (χ1n) is 4.06. The highest BCUT2D eigenvalue weighted by molar-refractivity contribution is 5.85. The fraction of sp³-hybridized carbons (Fsp3) is 0.